The second-order valence-corrected chi connectivity index (χ2v) is 5.00. The second-order valence-electron chi connectivity index (χ2n) is 5.00. The minimum Gasteiger partial charge on any atom is -0.328 e. The number of ketones is 2. The SMILES string of the molecule is NC1CCC2=C(CC1)C(=O)c1ccccc1C2=O. The number of fused-ring (bicyclic) bond motifs is 1. The Morgan fingerprint density at radius 2 is 1.33 bits per heavy atom. The number of Topliss-reactive ketones (excluding diaryl/α,β-unsaturated/α-hetero) is 2. The summed E-state index contributed by atoms with van der Waals surface area (Å²) in [5.74, 6) is 0.0450. The number of rotatable bonds is 0. The molecule has 1 aromatic carbocycles. The van der Waals surface area contributed by atoms with Crippen LogP contribution in [-0.2, 0) is 0 Å². The number of carbonyl (C=O) groups excluding carboxylic acids is 2. The average Bonchev–Trinajstić information content (AvgIpc) is 2.59. The van der Waals surface area contributed by atoms with Gasteiger partial charge in [-0.3, -0.25) is 9.59 Å². The van der Waals surface area contributed by atoms with E-state index in [9.17, 15) is 9.59 Å². The first-order valence-corrected chi connectivity index (χ1v) is 6.34. The largest absolute Gasteiger partial charge is 0.328 e. The Hall–Kier alpha value is -1.74. The number of nitrogens with two attached hydrogens (primary N) is 1. The predicted molar refractivity (Wildman–Crippen MR) is 68.6 cm³/mol. The van der Waals surface area contributed by atoms with Crippen molar-refractivity contribution in [1.29, 1.82) is 0 Å². The standard InChI is InChI=1S/C15H15NO2/c16-9-5-7-12-13(8-6-9)15(18)11-4-2-1-3-10(11)14(12)17/h1-4,9H,5-8,16H2. The fraction of sp³-hybridized carbons (Fsp3) is 0.333. The summed E-state index contributed by atoms with van der Waals surface area (Å²) in [5.41, 5.74) is 8.44. The second kappa shape index (κ2) is 4.18. The van der Waals surface area contributed by atoms with Crippen molar-refractivity contribution < 1.29 is 9.59 Å². The molecule has 0 saturated carbocycles. The van der Waals surface area contributed by atoms with Crippen molar-refractivity contribution in [3.63, 3.8) is 0 Å². The molecule has 18 heavy (non-hydrogen) atoms. The lowest BCUT2D eigenvalue weighted by molar-refractivity contribution is 0.0970. The first kappa shape index (κ1) is 11.4. The number of hydrogen-bond donors (Lipinski definition) is 1. The quantitative estimate of drug-likeness (QED) is 0.758. The lowest BCUT2D eigenvalue weighted by Gasteiger charge is -2.19. The summed E-state index contributed by atoms with van der Waals surface area (Å²) in [4.78, 5) is 24.8. The van der Waals surface area contributed by atoms with Crippen molar-refractivity contribution in [3.8, 4) is 0 Å². The monoisotopic (exact) mass is 241 g/mol. The molecule has 3 nitrogen and oxygen atoms in total. The van der Waals surface area contributed by atoms with Gasteiger partial charge in [0.25, 0.3) is 0 Å². The maximum Gasteiger partial charge on any atom is 0.190 e. The zero-order chi connectivity index (χ0) is 12.7. The fourth-order valence-corrected chi connectivity index (χ4v) is 2.81. The molecular formula is C15H15NO2. The molecular weight excluding hydrogens is 226 g/mol. The molecule has 2 aliphatic carbocycles. The highest BCUT2D eigenvalue weighted by atomic mass is 16.1. The van der Waals surface area contributed by atoms with Crippen LogP contribution in [-0.4, -0.2) is 17.6 Å². The van der Waals surface area contributed by atoms with Crippen LogP contribution in [0.2, 0.25) is 0 Å². The molecule has 0 aromatic heterocycles. The highest BCUT2D eigenvalue weighted by molar-refractivity contribution is 6.26. The van der Waals surface area contributed by atoms with Crippen molar-refractivity contribution in [1.82, 2.24) is 0 Å². The van der Waals surface area contributed by atoms with Crippen LogP contribution in [0.15, 0.2) is 35.4 Å². The molecule has 0 saturated heterocycles. The third-order valence-corrected chi connectivity index (χ3v) is 3.86. The van der Waals surface area contributed by atoms with Gasteiger partial charge >= 0.3 is 0 Å². The molecule has 3 heteroatoms. The summed E-state index contributed by atoms with van der Waals surface area (Å²) >= 11 is 0. The van der Waals surface area contributed by atoms with Crippen LogP contribution >= 0.6 is 0 Å². The summed E-state index contributed by atoms with van der Waals surface area (Å²) in [6, 6.07) is 7.18. The van der Waals surface area contributed by atoms with Gasteiger partial charge in [-0.05, 0) is 25.7 Å². The van der Waals surface area contributed by atoms with E-state index in [-0.39, 0.29) is 17.6 Å². The Labute approximate surface area is 106 Å². The van der Waals surface area contributed by atoms with E-state index >= 15 is 0 Å². The van der Waals surface area contributed by atoms with Crippen molar-refractivity contribution in [2.45, 2.75) is 31.7 Å². The van der Waals surface area contributed by atoms with Gasteiger partial charge in [-0.25, -0.2) is 0 Å². The number of allylic oxidation sites excluding steroid dienone is 2. The van der Waals surface area contributed by atoms with Crippen molar-refractivity contribution in [2.75, 3.05) is 0 Å². The zero-order valence-corrected chi connectivity index (χ0v) is 10.1. The molecule has 0 unspecified atom stereocenters. The third kappa shape index (κ3) is 1.63. The number of benzene rings is 1. The van der Waals surface area contributed by atoms with Gasteiger partial charge in [0.2, 0.25) is 0 Å². The van der Waals surface area contributed by atoms with Crippen LogP contribution in [0.5, 0.6) is 0 Å². The van der Waals surface area contributed by atoms with Crippen LogP contribution < -0.4 is 5.73 Å². The smallest absolute Gasteiger partial charge is 0.190 e. The van der Waals surface area contributed by atoms with E-state index in [1.807, 2.05) is 0 Å². The van der Waals surface area contributed by atoms with Crippen LogP contribution in [0.1, 0.15) is 46.4 Å². The van der Waals surface area contributed by atoms with E-state index < -0.39 is 0 Å². The maximum atomic E-state index is 12.4. The molecule has 3 rings (SSSR count). The summed E-state index contributed by atoms with van der Waals surface area (Å²) in [5, 5.41) is 0. The molecule has 0 bridgehead atoms. The molecule has 1 aromatic rings. The molecule has 0 amide bonds. The molecule has 0 spiro atoms. The first-order valence-electron chi connectivity index (χ1n) is 6.34. The van der Waals surface area contributed by atoms with Gasteiger partial charge in [-0.2, -0.15) is 0 Å². The topological polar surface area (TPSA) is 60.2 Å². The first-order chi connectivity index (χ1) is 8.68. The molecule has 0 radical (unpaired) electrons. The van der Waals surface area contributed by atoms with Crippen LogP contribution in [0.25, 0.3) is 0 Å². The Morgan fingerprint density at radius 1 is 0.889 bits per heavy atom. The van der Waals surface area contributed by atoms with Gasteiger partial charge < -0.3 is 5.73 Å². The molecule has 0 aliphatic heterocycles. The van der Waals surface area contributed by atoms with Crippen LogP contribution in [0, 0.1) is 0 Å². The Kier molecular flexibility index (Phi) is 2.63. The van der Waals surface area contributed by atoms with Gasteiger partial charge in [0, 0.05) is 28.3 Å². The number of hydrogen-bond acceptors (Lipinski definition) is 3. The summed E-state index contributed by atoms with van der Waals surface area (Å²) in [6.45, 7) is 0. The van der Waals surface area contributed by atoms with Crippen molar-refractivity contribution in [2.24, 2.45) is 5.73 Å². The van der Waals surface area contributed by atoms with E-state index in [0.717, 1.165) is 12.8 Å². The number of carbonyl (C=O) groups is 2. The highest BCUT2D eigenvalue weighted by Gasteiger charge is 2.32. The van der Waals surface area contributed by atoms with Gasteiger partial charge in [-0.1, -0.05) is 24.3 Å². The van der Waals surface area contributed by atoms with Gasteiger partial charge in [0.15, 0.2) is 11.6 Å². The molecule has 0 fully saturated rings. The van der Waals surface area contributed by atoms with Crippen molar-refractivity contribution >= 4 is 11.6 Å². The van der Waals surface area contributed by atoms with Gasteiger partial charge in [-0.15, -0.1) is 0 Å². The fourth-order valence-electron chi connectivity index (χ4n) is 2.81. The predicted octanol–water partition coefficient (Wildman–Crippen LogP) is 2.26. The average molecular weight is 241 g/mol. The molecule has 0 atom stereocenters. The van der Waals surface area contributed by atoms with Gasteiger partial charge in [0.05, 0.1) is 0 Å². The third-order valence-electron chi connectivity index (χ3n) is 3.86. The minimum absolute atomic E-state index is 0.0225. The summed E-state index contributed by atoms with van der Waals surface area (Å²) in [7, 11) is 0. The van der Waals surface area contributed by atoms with E-state index in [1.165, 1.54) is 0 Å². The van der Waals surface area contributed by atoms with Gasteiger partial charge in [0.1, 0.15) is 0 Å². The summed E-state index contributed by atoms with van der Waals surface area (Å²) < 4.78 is 0. The maximum absolute atomic E-state index is 12.4. The molecule has 0 heterocycles. The lowest BCUT2D eigenvalue weighted by Crippen LogP contribution is -2.21. The Morgan fingerprint density at radius 3 is 1.78 bits per heavy atom. The zero-order valence-electron chi connectivity index (χ0n) is 10.1. The van der Waals surface area contributed by atoms with E-state index in [1.54, 1.807) is 24.3 Å². The van der Waals surface area contributed by atoms with Crippen LogP contribution in [0.3, 0.4) is 0 Å². The highest BCUT2D eigenvalue weighted by Crippen LogP contribution is 2.33. The molecule has 2 aliphatic rings. The van der Waals surface area contributed by atoms with Crippen LogP contribution in [0.4, 0.5) is 0 Å². The normalized spacial score (nSPS) is 20.5. The minimum atomic E-state index is 0.0225. The molecule has 92 valence electrons. The lowest BCUT2D eigenvalue weighted by atomic mass is 9.82. The van der Waals surface area contributed by atoms with E-state index in [0.29, 0.717) is 35.1 Å². The van der Waals surface area contributed by atoms with E-state index in [2.05, 4.69) is 0 Å². The summed E-state index contributed by atoms with van der Waals surface area (Å²) in [6.07, 6.45) is 2.85. The van der Waals surface area contributed by atoms with E-state index in [4.69, 9.17) is 5.73 Å². The Balaban J connectivity index is 2.11. The molecule has 2 N–H and O–H groups in total. The van der Waals surface area contributed by atoms with Crippen molar-refractivity contribution in [3.05, 3.63) is 46.5 Å². The Bertz CT molecular complexity index is 523.